The summed E-state index contributed by atoms with van der Waals surface area (Å²) in [6, 6.07) is 10.4. The first-order valence-corrected chi connectivity index (χ1v) is 4.60. The van der Waals surface area contributed by atoms with Gasteiger partial charge in [0.1, 0.15) is 0 Å². The van der Waals surface area contributed by atoms with Gasteiger partial charge in [0.15, 0.2) is 0 Å². The van der Waals surface area contributed by atoms with E-state index in [0.717, 1.165) is 5.88 Å². The lowest BCUT2D eigenvalue weighted by atomic mass is 10.4. The molecule has 0 N–H and O–H groups in total. The monoisotopic (exact) mass is 167 g/mol. The molecule has 1 aromatic carbocycles. The van der Waals surface area contributed by atoms with Gasteiger partial charge in [-0.25, -0.2) is 0 Å². The summed E-state index contributed by atoms with van der Waals surface area (Å²) < 4.78 is 0. The molecule has 0 atom stereocenters. The largest absolute Gasteiger partial charge is 0.300 e. The number of benzene rings is 1. The van der Waals surface area contributed by atoms with Gasteiger partial charge in [-0.15, -0.1) is 11.8 Å². The molecule has 0 aliphatic heterocycles. The van der Waals surface area contributed by atoms with Crippen molar-refractivity contribution in [3.05, 3.63) is 30.3 Å². The van der Waals surface area contributed by atoms with Gasteiger partial charge in [-0.3, -0.25) is 4.90 Å². The molecule has 1 nitrogen and oxygen atoms in total. The second-order valence-corrected chi connectivity index (χ2v) is 3.68. The highest BCUT2D eigenvalue weighted by atomic mass is 32.2. The van der Waals surface area contributed by atoms with Crippen molar-refractivity contribution in [3.63, 3.8) is 0 Å². The highest BCUT2D eigenvalue weighted by Crippen LogP contribution is 2.16. The Morgan fingerprint density at radius 3 is 2.36 bits per heavy atom. The van der Waals surface area contributed by atoms with Gasteiger partial charge in [-0.2, -0.15) is 0 Å². The molecule has 0 amide bonds. The minimum absolute atomic E-state index is 1.05. The topological polar surface area (TPSA) is 3.24 Å². The van der Waals surface area contributed by atoms with E-state index in [1.165, 1.54) is 4.90 Å². The Morgan fingerprint density at radius 1 is 1.18 bits per heavy atom. The number of nitrogens with zero attached hydrogens (tertiary/aromatic N) is 1. The van der Waals surface area contributed by atoms with Gasteiger partial charge in [-0.05, 0) is 26.2 Å². The molecular weight excluding hydrogens is 154 g/mol. The van der Waals surface area contributed by atoms with Crippen LogP contribution in [0.25, 0.3) is 0 Å². The molecule has 2 heteroatoms. The van der Waals surface area contributed by atoms with Gasteiger partial charge >= 0.3 is 0 Å². The predicted molar refractivity (Wildman–Crippen MR) is 50.9 cm³/mol. The molecule has 0 saturated carbocycles. The molecule has 60 valence electrons. The number of thioether (sulfide) groups is 1. The van der Waals surface area contributed by atoms with Crippen LogP contribution in [-0.2, 0) is 0 Å². The van der Waals surface area contributed by atoms with E-state index < -0.39 is 0 Å². The van der Waals surface area contributed by atoms with Crippen molar-refractivity contribution in [2.24, 2.45) is 0 Å². The van der Waals surface area contributed by atoms with Crippen molar-refractivity contribution < 1.29 is 0 Å². The van der Waals surface area contributed by atoms with Gasteiger partial charge in [0.05, 0.1) is 0 Å². The second kappa shape index (κ2) is 4.42. The number of hydrogen-bond donors (Lipinski definition) is 0. The minimum Gasteiger partial charge on any atom is -0.300 e. The van der Waals surface area contributed by atoms with Crippen molar-refractivity contribution >= 4 is 11.8 Å². The summed E-state index contributed by atoms with van der Waals surface area (Å²) in [4.78, 5) is 3.50. The normalized spacial score (nSPS) is 10.5. The molecule has 0 radical (unpaired) electrons. The van der Waals surface area contributed by atoms with Crippen LogP contribution in [0.5, 0.6) is 0 Å². The van der Waals surface area contributed by atoms with E-state index in [1.54, 1.807) is 0 Å². The average molecular weight is 167 g/mol. The quantitative estimate of drug-likeness (QED) is 0.502. The molecule has 0 aliphatic carbocycles. The van der Waals surface area contributed by atoms with E-state index in [2.05, 4.69) is 43.3 Å². The molecule has 0 aromatic heterocycles. The molecule has 0 fully saturated rings. The van der Waals surface area contributed by atoms with Crippen LogP contribution in [0.15, 0.2) is 35.2 Å². The minimum atomic E-state index is 1.05. The highest BCUT2D eigenvalue weighted by molar-refractivity contribution is 7.99. The fourth-order valence-electron chi connectivity index (χ4n) is 0.720. The van der Waals surface area contributed by atoms with E-state index in [1.807, 2.05) is 17.8 Å². The van der Waals surface area contributed by atoms with Crippen LogP contribution in [0.2, 0.25) is 0 Å². The van der Waals surface area contributed by atoms with Gasteiger partial charge in [0.25, 0.3) is 0 Å². The lowest BCUT2D eigenvalue weighted by molar-refractivity contribution is 0.485. The highest BCUT2D eigenvalue weighted by Gasteiger charge is 1.92. The van der Waals surface area contributed by atoms with Gasteiger partial charge in [-0.1, -0.05) is 18.2 Å². The van der Waals surface area contributed by atoms with Crippen LogP contribution in [0, 0.1) is 0 Å². The van der Waals surface area contributed by atoms with Crippen LogP contribution >= 0.6 is 11.8 Å². The predicted octanol–water partition coefficient (Wildman–Crippen LogP) is 2.30. The van der Waals surface area contributed by atoms with Crippen molar-refractivity contribution in [1.82, 2.24) is 4.90 Å². The van der Waals surface area contributed by atoms with Gasteiger partial charge < -0.3 is 0 Å². The molecular formula is C9H13NS. The zero-order valence-corrected chi connectivity index (χ0v) is 7.77. The molecule has 0 spiro atoms. The average Bonchev–Trinajstić information content (AvgIpc) is 2.03. The van der Waals surface area contributed by atoms with Gasteiger partial charge in [0, 0.05) is 10.8 Å². The third-order valence-corrected chi connectivity index (χ3v) is 2.48. The molecule has 0 heterocycles. The molecule has 0 unspecified atom stereocenters. The second-order valence-electron chi connectivity index (χ2n) is 2.67. The zero-order valence-electron chi connectivity index (χ0n) is 6.95. The maximum Gasteiger partial charge on any atom is 0.0485 e. The van der Waals surface area contributed by atoms with Crippen LogP contribution in [0.3, 0.4) is 0 Å². The summed E-state index contributed by atoms with van der Waals surface area (Å²) in [6.45, 7) is 0. The summed E-state index contributed by atoms with van der Waals surface area (Å²) in [5, 5.41) is 0. The van der Waals surface area contributed by atoms with Gasteiger partial charge in [0.2, 0.25) is 0 Å². The van der Waals surface area contributed by atoms with Crippen LogP contribution in [-0.4, -0.2) is 24.9 Å². The molecule has 0 saturated heterocycles. The summed E-state index contributed by atoms with van der Waals surface area (Å²) in [5.74, 6) is 1.05. The zero-order chi connectivity index (χ0) is 8.10. The maximum absolute atomic E-state index is 2.16. The Labute approximate surface area is 72.4 Å². The van der Waals surface area contributed by atoms with Crippen molar-refractivity contribution in [1.29, 1.82) is 0 Å². The first-order valence-electron chi connectivity index (χ1n) is 3.61. The van der Waals surface area contributed by atoms with Crippen molar-refractivity contribution in [2.75, 3.05) is 20.0 Å². The lowest BCUT2D eigenvalue weighted by Gasteiger charge is -2.07. The third kappa shape index (κ3) is 3.44. The van der Waals surface area contributed by atoms with Crippen LogP contribution in [0.1, 0.15) is 0 Å². The van der Waals surface area contributed by atoms with Crippen molar-refractivity contribution in [3.8, 4) is 0 Å². The Bertz CT molecular complexity index is 196. The van der Waals surface area contributed by atoms with E-state index in [4.69, 9.17) is 0 Å². The Hall–Kier alpha value is -0.470. The van der Waals surface area contributed by atoms with E-state index in [-0.39, 0.29) is 0 Å². The number of hydrogen-bond acceptors (Lipinski definition) is 2. The fourth-order valence-corrected chi connectivity index (χ4v) is 1.48. The summed E-state index contributed by atoms with van der Waals surface area (Å²) >= 11 is 1.85. The van der Waals surface area contributed by atoms with E-state index >= 15 is 0 Å². The molecule has 1 rings (SSSR count). The fraction of sp³-hybridized carbons (Fsp3) is 0.333. The summed E-state index contributed by atoms with van der Waals surface area (Å²) in [6.07, 6.45) is 0. The Kier molecular flexibility index (Phi) is 3.46. The molecule has 1 aromatic rings. The third-order valence-electron chi connectivity index (χ3n) is 1.23. The smallest absolute Gasteiger partial charge is 0.0485 e. The molecule has 11 heavy (non-hydrogen) atoms. The summed E-state index contributed by atoms with van der Waals surface area (Å²) in [5.41, 5.74) is 0. The standard InChI is InChI=1S/C9H13NS/c1-10(2)8-11-9-6-4-3-5-7-9/h3-7H,8H2,1-2H3. The van der Waals surface area contributed by atoms with Crippen LogP contribution < -0.4 is 0 Å². The Morgan fingerprint density at radius 2 is 1.82 bits per heavy atom. The van der Waals surface area contributed by atoms with E-state index in [0.29, 0.717) is 0 Å². The molecule has 0 bridgehead atoms. The van der Waals surface area contributed by atoms with E-state index in [9.17, 15) is 0 Å². The molecule has 0 aliphatic rings. The Balaban J connectivity index is 2.39. The first-order chi connectivity index (χ1) is 5.29. The lowest BCUT2D eigenvalue weighted by Crippen LogP contribution is -2.09. The number of rotatable bonds is 3. The SMILES string of the molecule is CN(C)CSc1ccccc1. The van der Waals surface area contributed by atoms with Crippen molar-refractivity contribution in [2.45, 2.75) is 4.90 Å². The first kappa shape index (κ1) is 8.62. The summed E-state index contributed by atoms with van der Waals surface area (Å²) in [7, 11) is 4.16. The maximum atomic E-state index is 2.16. The van der Waals surface area contributed by atoms with Crippen LogP contribution in [0.4, 0.5) is 0 Å².